The summed E-state index contributed by atoms with van der Waals surface area (Å²) < 4.78 is 10.6. The number of rotatable bonds is 7. The summed E-state index contributed by atoms with van der Waals surface area (Å²) in [5.41, 5.74) is 1.33. The van der Waals surface area contributed by atoms with Crippen LogP contribution in [0.5, 0.6) is 5.75 Å². The van der Waals surface area contributed by atoms with Gasteiger partial charge in [-0.25, -0.2) is 4.79 Å². The number of carboxylic acid groups (broad SMARTS) is 1. The Hall–Kier alpha value is -3.07. The second kappa shape index (κ2) is 9.20. The minimum atomic E-state index is -0.889. The van der Waals surface area contributed by atoms with E-state index >= 15 is 0 Å². The van der Waals surface area contributed by atoms with Crippen molar-refractivity contribution in [2.45, 2.75) is 56.5 Å². The lowest BCUT2D eigenvalue weighted by Crippen LogP contribution is -2.54. The molecule has 1 aromatic heterocycles. The number of amides is 2. The Balaban J connectivity index is 1.35. The van der Waals surface area contributed by atoms with Gasteiger partial charge in [-0.1, -0.05) is 12.1 Å². The van der Waals surface area contributed by atoms with Crippen molar-refractivity contribution in [2.75, 3.05) is 25.6 Å². The normalized spacial score (nSPS) is 24.9. The lowest BCUT2D eigenvalue weighted by Gasteiger charge is -2.39. The van der Waals surface area contributed by atoms with Gasteiger partial charge >= 0.3 is 6.09 Å². The predicted octanol–water partition coefficient (Wildman–Crippen LogP) is 3.39. The molecule has 9 nitrogen and oxygen atoms in total. The topological polar surface area (TPSA) is 117 Å². The number of methoxy groups -OCH3 is 1. The summed E-state index contributed by atoms with van der Waals surface area (Å²) in [5.74, 6) is 1.25. The van der Waals surface area contributed by atoms with E-state index in [1.165, 1.54) is 0 Å². The van der Waals surface area contributed by atoms with Crippen LogP contribution in [0, 0.1) is 0 Å². The fraction of sp³-hybridized carbons (Fsp3) is 0.522. The van der Waals surface area contributed by atoms with Crippen molar-refractivity contribution in [3.8, 4) is 5.75 Å². The summed E-state index contributed by atoms with van der Waals surface area (Å²) in [6, 6.07) is 9.16. The standard InChI is InChI=1S/C23H30N4O5/c1-23(9-10-32-14-23)27(22(29)30)17-6-5-16(12-17)19-13-20(26-25-19)24-21(28)11-15-3-7-18(31-2)8-4-15/h3-4,7-8,13,16-17H,5-6,9-12,14H2,1-2H3,(H,29,30)(H2,24,25,26,28)/t16-,17+,23?/m0/s1. The van der Waals surface area contributed by atoms with Crippen molar-refractivity contribution in [1.29, 1.82) is 0 Å². The molecule has 4 rings (SSSR count). The average molecular weight is 443 g/mol. The number of benzene rings is 1. The maximum Gasteiger partial charge on any atom is 0.408 e. The fourth-order valence-corrected chi connectivity index (χ4v) is 4.87. The van der Waals surface area contributed by atoms with Gasteiger partial charge in [0.1, 0.15) is 5.75 Å². The van der Waals surface area contributed by atoms with Gasteiger partial charge in [-0.2, -0.15) is 5.10 Å². The van der Waals surface area contributed by atoms with E-state index in [0.29, 0.717) is 19.0 Å². The van der Waals surface area contributed by atoms with Crippen LogP contribution < -0.4 is 10.1 Å². The predicted molar refractivity (Wildman–Crippen MR) is 118 cm³/mol. The Kier molecular flexibility index (Phi) is 6.36. The average Bonchev–Trinajstić information content (AvgIpc) is 3.50. The molecular weight excluding hydrogens is 412 g/mol. The number of aromatic nitrogens is 2. The minimum absolute atomic E-state index is 0.0550. The zero-order chi connectivity index (χ0) is 22.7. The summed E-state index contributed by atoms with van der Waals surface area (Å²) >= 11 is 0. The van der Waals surface area contributed by atoms with Gasteiger partial charge in [-0.15, -0.1) is 0 Å². The molecule has 2 amide bonds. The van der Waals surface area contributed by atoms with Gasteiger partial charge in [0.25, 0.3) is 0 Å². The van der Waals surface area contributed by atoms with Crippen LogP contribution in [0.2, 0.25) is 0 Å². The Labute approximate surface area is 187 Å². The molecule has 1 saturated carbocycles. The molecule has 3 N–H and O–H groups in total. The smallest absolute Gasteiger partial charge is 0.408 e. The number of anilines is 1. The molecule has 1 saturated heterocycles. The van der Waals surface area contributed by atoms with Gasteiger partial charge in [0.05, 0.1) is 25.7 Å². The molecule has 1 aliphatic carbocycles. The highest BCUT2D eigenvalue weighted by atomic mass is 16.5. The van der Waals surface area contributed by atoms with Gasteiger partial charge in [0.2, 0.25) is 5.91 Å². The first-order chi connectivity index (χ1) is 15.4. The van der Waals surface area contributed by atoms with Crippen LogP contribution in [-0.4, -0.2) is 64.1 Å². The molecule has 2 aromatic rings. The number of hydrogen-bond donors (Lipinski definition) is 3. The maximum atomic E-state index is 12.4. The highest BCUT2D eigenvalue weighted by Crippen LogP contribution is 2.40. The zero-order valence-electron chi connectivity index (χ0n) is 18.5. The minimum Gasteiger partial charge on any atom is -0.497 e. The Morgan fingerprint density at radius 3 is 2.78 bits per heavy atom. The second-order valence-electron chi connectivity index (χ2n) is 8.90. The summed E-state index contributed by atoms with van der Waals surface area (Å²) in [6.07, 6.45) is 2.46. The van der Waals surface area contributed by atoms with Crippen LogP contribution in [-0.2, 0) is 16.0 Å². The first kappa shape index (κ1) is 22.1. The Morgan fingerprint density at radius 1 is 1.34 bits per heavy atom. The quantitative estimate of drug-likeness (QED) is 0.605. The number of ether oxygens (including phenoxy) is 2. The number of hydrogen-bond acceptors (Lipinski definition) is 5. The van der Waals surface area contributed by atoms with Gasteiger partial charge < -0.3 is 19.9 Å². The summed E-state index contributed by atoms with van der Waals surface area (Å²) in [5, 5.41) is 20.0. The third kappa shape index (κ3) is 4.72. The lowest BCUT2D eigenvalue weighted by atomic mass is 9.96. The molecule has 1 aromatic carbocycles. The molecular formula is C23H30N4O5. The highest BCUT2D eigenvalue weighted by Gasteiger charge is 2.45. The van der Waals surface area contributed by atoms with E-state index in [9.17, 15) is 14.7 Å². The molecule has 2 heterocycles. The van der Waals surface area contributed by atoms with Crippen molar-refractivity contribution in [3.63, 3.8) is 0 Å². The molecule has 1 unspecified atom stereocenters. The molecule has 9 heteroatoms. The zero-order valence-corrected chi connectivity index (χ0v) is 18.5. The Morgan fingerprint density at radius 2 is 2.12 bits per heavy atom. The molecule has 172 valence electrons. The molecule has 2 aliphatic rings. The van der Waals surface area contributed by atoms with Crippen molar-refractivity contribution >= 4 is 17.8 Å². The summed E-state index contributed by atoms with van der Waals surface area (Å²) in [7, 11) is 1.60. The van der Waals surface area contributed by atoms with Gasteiger partial charge in [-0.05, 0) is 50.3 Å². The third-order valence-corrected chi connectivity index (χ3v) is 6.58. The van der Waals surface area contributed by atoms with E-state index in [1.807, 2.05) is 37.3 Å². The fourth-order valence-electron chi connectivity index (χ4n) is 4.87. The van der Waals surface area contributed by atoms with Crippen LogP contribution in [0.4, 0.5) is 10.6 Å². The van der Waals surface area contributed by atoms with Crippen molar-refractivity contribution < 1.29 is 24.2 Å². The largest absolute Gasteiger partial charge is 0.497 e. The number of carbonyl (C=O) groups excluding carboxylic acids is 1. The van der Waals surface area contributed by atoms with Crippen molar-refractivity contribution in [3.05, 3.63) is 41.6 Å². The van der Waals surface area contributed by atoms with Crippen LogP contribution in [0.1, 0.15) is 49.8 Å². The van der Waals surface area contributed by atoms with E-state index in [2.05, 4.69) is 15.5 Å². The SMILES string of the molecule is COc1ccc(CC(=O)Nc2cc([C@H]3CC[C@@H](N(C(=O)O)C4(C)CCOC4)C3)[nH]n2)cc1. The third-order valence-electron chi connectivity index (χ3n) is 6.58. The number of nitrogens with zero attached hydrogens (tertiary/aromatic N) is 2. The van der Waals surface area contributed by atoms with Gasteiger partial charge in [0, 0.05) is 30.3 Å². The molecule has 2 fully saturated rings. The van der Waals surface area contributed by atoms with Crippen LogP contribution in [0.25, 0.3) is 0 Å². The van der Waals surface area contributed by atoms with E-state index in [-0.39, 0.29) is 24.3 Å². The monoisotopic (exact) mass is 442 g/mol. The summed E-state index contributed by atoms with van der Waals surface area (Å²) in [6.45, 7) is 3.00. The van der Waals surface area contributed by atoms with Crippen LogP contribution in [0.3, 0.4) is 0 Å². The van der Waals surface area contributed by atoms with Crippen LogP contribution in [0.15, 0.2) is 30.3 Å². The molecule has 32 heavy (non-hydrogen) atoms. The molecule has 0 bridgehead atoms. The lowest BCUT2D eigenvalue weighted by molar-refractivity contribution is -0.115. The Bertz CT molecular complexity index is 952. The van der Waals surface area contributed by atoms with E-state index in [1.54, 1.807) is 12.0 Å². The molecule has 0 radical (unpaired) electrons. The number of nitrogens with one attached hydrogen (secondary N) is 2. The molecule has 1 aliphatic heterocycles. The first-order valence-electron chi connectivity index (χ1n) is 11.0. The van der Waals surface area contributed by atoms with E-state index in [0.717, 1.165) is 42.7 Å². The number of H-pyrrole nitrogens is 1. The second-order valence-corrected chi connectivity index (χ2v) is 8.90. The van der Waals surface area contributed by atoms with E-state index in [4.69, 9.17) is 9.47 Å². The van der Waals surface area contributed by atoms with Gasteiger partial charge in [-0.3, -0.25) is 14.8 Å². The van der Waals surface area contributed by atoms with Crippen molar-refractivity contribution in [1.82, 2.24) is 15.1 Å². The molecule has 3 atom stereocenters. The van der Waals surface area contributed by atoms with Gasteiger partial charge in [0.15, 0.2) is 5.82 Å². The number of aromatic amines is 1. The van der Waals surface area contributed by atoms with E-state index < -0.39 is 11.6 Å². The van der Waals surface area contributed by atoms with Crippen molar-refractivity contribution in [2.24, 2.45) is 0 Å². The summed E-state index contributed by atoms with van der Waals surface area (Å²) in [4.78, 5) is 26.0. The maximum absolute atomic E-state index is 12.4. The first-order valence-corrected chi connectivity index (χ1v) is 11.0. The molecule has 0 spiro atoms. The highest BCUT2D eigenvalue weighted by molar-refractivity contribution is 5.91. The van der Waals surface area contributed by atoms with Crippen LogP contribution >= 0.6 is 0 Å². The number of carbonyl (C=O) groups is 2.